The minimum absolute atomic E-state index is 0.432. The quantitative estimate of drug-likeness (QED) is 0.468. The molecule has 1 aliphatic carbocycles. The van der Waals surface area contributed by atoms with Crippen LogP contribution in [0.4, 0.5) is 23.2 Å². The Morgan fingerprint density at radius 3 is 2.21 bits per heavy atom. The van der Waals surface area contributed by atoms with E-state index < -0.39 is 52.9 Å². The normalized spacial score (nSPS) is 15.3. The zero-order valence-electron chi connectivity index (χ0n) is 14.7. The fraction of sp³-hybridized carbons (Fsp3) is 0.300. The van der Waals surface area contributed by atoms with Gasteiger partial charge in [-0.25, -0.2) is 17.6 Å². The average molecular weight is 395 g/mol. The van der Waals surface area contributed by atoms with Crippen molar-refractivity contribution in [2.75, 3.05) is 11.9 Å². The standard InChI is InChI=1S/C20H17F4NO3/c21-13-5-3-12(4-6-13)20(9-1-2-10-20)19(27)28-11-16(26)25-15-8-7-14(22)17(23)18(15)24/h3-8H,1-2,9-11H2,(H,25,26). The number of ether oxygens (including phenoxy) is 1. The molecule has 1 amide bonds. The van der Waals surface area contributed by atoms with Crippen LogP contribution in [0.15, 0.2) is 36.4 Å². The lowest BCUT2D eigenvalue weighted by molar-refractivity contribution is -0.153. The number of halogens is 4. The number of anilines is 1. The van der Waals surface area contributed by atoms with Gasteiger partial charge in [-0.3, -0.25) is 9.59 Å². The smallest absolute Gasteiger partial charge is 0.317 e. The first-order valence-electron chi connectivity index (χ1n) is 8.70. The van der Waals surface area contributed by atoms with Crippen LogP contribution in [0.25, 0.3) is 0 Å². The molecule has 0 heterocycles. The van der Waals surface area contributed by atoms with Crippen LogP contribution < -0.4 is 5.32 Å². The highest BCUT2D eigenvalue weighted by Crippen LogP contribution is 2.42. The maximum absolute atomic E-state index is 13.6. The van der Waals surface area contributed by atoms with Gasteiger partial charge in [0.25, 0.3) is 5.91 Å². The number of hydrogen-bond donors (Lipinski definition) is 1. The van der Waals surface area contributed by atoms with Crippen molar-refractivity contribution in [1.29, 1.82) is 0 Å². The van der Waals surface area contributed by atoms with Gasteiger partial charge in [0.15, 0.2) is 24.1 Å². The molecule has 0 radical (unpaired) electrons. The van der Waals surface area contributed by atoms with Gasteiger partial charge in [0.1, 0.15) is 5.82 Å². The Morgan fingerprint density at radius 1 is 0.929 bits per heavy atom. The van der Waals surface area contributed by atoms with Gasteiger partial charge in [-0.1, -0.05) is 25.0 Å². The van der Waals surface area contributed by atoms with Crippen LogP contribution in [-0.2, 0) is 19.7 Å². The molecule has 1 fully saturated rings. The molecule has 0 spiro atoms. The number of nitrogens with one attached hydrogen (secondary N) is 1. The minimum atomic E-state index is -1.71. The van der Waals surface area contributed by atoms with Crippen molar-refractivity contribution >= 4 is 17.6 Å². The molecule has 8 heteroatoms. The second kappa shape index (κ2) is 8.00. The summed E-state index contributed by atoms with van der Waals surface area (Å²) in [7, 11) is 0. The molecule has 3 rings (SSSR count). The van der Waals surface area contributed by atoms with Gasteiger partial charge >= 0.3 is 5.97 Å². The Morgan fingerprint density at radius 2 is 1.57 bits per heavy atom. The maximum atomic E-state index is 13.6. The second-order valence-electron chi connectivity index (χ2n) is 6.64. The SMILES string of the molecule is O=C(COC(=O)C1(c2ccc(F)cc2)CCCC1)Nc1ccc(F)c(F)c1F. The van der Waals surface area contributed by atoms with Crippen molar-refractivity contribution < 1.29 is 31.9 Å². The highest BCUT2D eigenvalue weighted by Gasteiger charge is 2.44. The molecule has 2 aromatic rings. The third kappa shape index (κ3) is 3.85. The summed E-state index contributed by atoms with van der Waals surface area (Å²) in [5, 5.41) is 2.04. The van der Waals surface area contributed by atoms with E-state index in [9.17, 15) is 27.2 Å². The van der Waals surface area contributed by atoms with Crippen LogP contribution in [0.2, 0.25) is 0 Å². The largest absolute Gasteiger partial charge is 0.455 e. The first-order valence-corrected chi connectivity index (χ1v) is 8.70. The van der Waals surface area contributed by atoms with Crippen LogP contribution in [0.5, 0.6) is 0 Å². The van der Waals surface area contributed by atoms with Crippen molar-refractivity contribution in [1.82, 2.24) is 0 Å². The Balaban J connectivity index is 1.67. The molecule has 28 heavy (non-hydrogen) atoms. The Bertz CT molecular complexity index is 893. The van der Waals surface area contributed by atoms with E-state index in [1.54, 1.807) is 0 Å². The molecule has 1 saturated carbocycles. The predicted octanol–water partition coefficient (Wildman–Crippen LogP) is 4.24. The fourth-order valence-electron chi connectivity index (χ4n) is 3.44. The van der Waals surface area contributed by atoms with Gasteiger partial charge in [0.2, 0.25) is 0 Å². The molecule has 2 aromatic carbocycles. The van der Waals surface area contributed by atoms with Crippen molar-refractivity contribution in [3.05, 3.63) is 65.2 Å². The van der Waals surface area contributed by atoms with E-state index >= 15 is 0 Å². The molecule has 4 nitrogen and oxygen atoms in total. The number of hydrogen-bond acceptors (Lipinski definition) is 3. The van der Waals surface area contributed by atoms with Crippen LogP contribution in [0, 0.1) is 23.3 Å². The lowest BCUT2D eigenvalue weighted by Crippen LogP contribution is -2.36. The first kappa shape index (κ1) is 19.9. The summed E-state index contributed by atoms with van der Waals surface area (Å²) in [6.45, 7) is -0.722. The molecular weight excluding hydrogens is 378 g/mol. The summed E-state index contributed by atoms with van der Waals surface area (Å²) in [5.41, 5.74) is -0.932. The van der Waals surface area contributed by atoms with Crippen LogP contribution in [0.1, 0.15) is 31.2 Å². The second-order valence-corrected chi connectivity index (χ2v) is 6.64. The van der Waals surface area contributed by atoms with Gasteiger partial charge < -0.3 is 10.1 Å². The summed E-state index contributed by atoms with van der Waals surface area (Å²) >= 11 is 0. The molecule has 1 aliphatic rings. The van der Waals surface area contributed by atoms with Gasteiger partial charge in [0, 0.05) is 0 Å². The average Bonchev–Trinajstić information content (AvgIpc) is 3.18. The van der Waals surface area contributed by atoms with E-state index in [1.165, 1.54) is 24.3 Å². The van der Waals surface area contributed by atoms with Crippen molar-refractivity contribution in [2.45, 2.75) is 31.1 Å². The van der Waals surface area contributed by atoms with Crippen molar-refractivity contribution in [3.63, 3.8) is 0 Å². The Hall–Kier alpha value is -2.90. The van der Waals surface area contributed by atoms with Crippen LogP contribution in [0.3, 0.4) is 0 Å². The van der Waals surface area contributed by atoms with Crippen LogP contribution in [-0.4, -0.2) is 18.5 Å². The number of carbonyl (C=O) groups excluding carboxylic acids is 2. The van der Waals surface area contributed by atoms with E-state index in [0.29, 0.717) is 24.5 Å². The van der Waals surface area contributed by atoms with Gasteiger partial charge in [-0.2, -0.15) is 0 Å². The van der Waals surface area contributed by atoms with Gasteiger partial charge in [-0.05, 0) is 42.7 Å². The summed E-state index contributed by atoms with van der Waals surface area (Å²) in [6, 6.07) is 7.06. The van der Waals surface area contributed by atoms with E-state index in [0.717, 1.165) is 18.9 Å². The number of esters is 1. The fourth-order valence-corrected chi connectivity index (χ4v) is 3.44. The number of amides is 1. The number of benzene rings is 2. The number of carbonyl (C=O) groups is 2. The summed E-state index contributed by atoms with van der Waals surface area (Å²) < 4.78 is 58.1. The molecule has 0 aromatic heterocycles. The minimum Gasteiger partial charge on any atom is -0.455 e. The van der Waals surface area contributed by atoms with Crippen molar-refractivity contribution in [2.24, 2.45) is 0 Å². The third-order valence-corrected chi connectivity index (χ3v) is 4.89. The van der Waals surface area contributed by atoms with E-state index in [-0.39, 0.29) is 0 Å². The lowest BCUT2D eigenvalue weighted by Gasteiger charge is -2.27. The molecule has 0 unspecified atom stereocenters. The van der Waals surface area contributed by atoms with Gasteiger partial charge in [0.05, 0.1) is 11.1 Å². The highest BCUT2D eigenvalue weighted by atomic mass is 19.2. The maximum Gasteiger partial charge on any atom is 0.317 e. The highest BCUT2D eigenvalue weighted by molar-refractivity contribution is 5.94. The summed E-state index contributed by atoms with van der Waals surface area (Å²) in [4.78, 5) is 24.6. The zero-order valence-corrected chi connectivity index (χ0v) is 14.7. The first-order chi connectivity index (χ1) is 13.3. The van der Waals surface area contributed by atoms with Crippen LogP contribution >= 0.6 is 0 Å². The molecular formula is C20H17F4NO3. The monoisotopic (exact) mass is 395 g/mol. The lowest BCUT2D eigenvalue weighted by atomic mass is 9.79. The topological polar surface area (TPSA) is 55.4 Å². The summed E-state index contributed by atoms with van der Waals surface area (Å²) in [5.74, 6) is -6.61. The van der Waals surface area contributed by atoms with Crippen molar-refractivity contribution in [3.8, 4) is 0 Å². The molecule has 0 atom stereocenters. The zero-order chi connectivity index (χ0) is 20.3. The summed E-state index contributed by atoms with van der Waals surface area (Å²) in [6.07, 6.45) is 2.55. The molecule has 0 aliphatic heterocycles. The van der Waals surface area contributed by atoms with E-state index in [4.69, 9.17) is 4.74 Å². The number of rotatable bonds is 5. The van der Waals surface area contributed by atoms with E-state index in [2.05, 4.69) is 0 Å². The van der Waals surface area contributed by atoms with Gasteiger partial charge in [-0.15, -0.1) is 0 Å². The third-order valence-electron chi connectivity index (χ3n) is 4.89. The Kier molecular flexibility index (Phi) is 5.67. The van der Waals surface area contributed by atoms with E-state index in [1.807, 2.05) is 5.32 Å². The molecule has 0 bridgehead atoms. The molecule has 0 saturated heterocycles. The Labute approximate surface area is 158 Å². The molecule has 1 N–H and O–H groups in total. The predicted molar refractivity (Wildman–Crippen MR) is 92.5 cm³/mol. The molecule has 148 valence electrons.